The van der Waals surface area contributed by atoms with Gasteiger partial charge in [0.1, 0.15) is 10.6 Å². The minimum Gasteiger partial charge on any atom is -0.494 e. The minimum atomic E-state index is -3.78. The van der Waals surface area contributed by atoms with E-state index < -0.39 is 9.84 Å². The number of nitrogens with one attached hydrogen (secondary N) is 1. The topological polar surface area (TPSA) is 68.3 Å². The number of rotatable bonds is 7. The third kappa shape index (κ3) is 4.32. The lowest BCUT2D eigenvalue weighted by Crippen LogP contribution is -2.07. The molecule has 1 heterocycles. The number of aromatic nitrogens is 1. The molecular formula is C26H26N2O3S. The van der Waals surface area contributed by atoms with E-state index in [0.717, 1.165) is 39.9 Å². The number of hydrogen-bond acceptors (Lipinski definition) is 5. The predicted molar refractivity (Wildman–Crippen MR) is 129 cm³/mol. The van der Waals surface area contributed by atoms with E-state index in [2.05, 4.69) is 17.2 Å². The molecule has 0 saturated heterocycles. The lowest BCUT2D eigenvalue weighted by Gasteiger charge is -2.16. The largest absolute Gasteiger partial charge is 0.494 e. The molecule has 1 aromatic heterocycles. The number of ether oxygens (including phenoxy) is 1. The lowest BCUT2D eigenvalue weighted by molar-refractivity contribution is 0.340. The van der Waals surface area contributed by atoms with Gasteiger partial charge in [-0.3, -0.25) is 4.98 Å². The smallest absolute Gasteiger partial charge is 0.210 e. The number of fused-ring (bicyclic) bond motifs is 1. The normalized spacial score (nSPS) is 11.5. The number of pyridine rings is 1. The number of anilines is 2. The first kappa shape index (κ1) is 21.8. The summed E-state index contributed by atoms with van der Waals surface area (Å²) in [7, 11) is -3.78. The van der Waals surface area contributed by atoms with E-state index >= 15 is 0 Å². The Balaban J connectivity index is 1.89. The van der Waals surface area contributed by atoms with E-state index in [1.54, 1.807) is 24.3 Å². The Kier molecular flexibility index (Phi) is 6.15. The summed E-state index contributed by atoms with van der Waals surface area (Å²) in [6.45, 7) is 6.52. The van der Waals surface area contributed by atoms with Crippen molar-refractivity contribution < 1.29 is 13.2 Å². The zero-order valence-electron chi connectivity index (χ0n) is 18.4. The summed E-state index contributed by atoms with van der Waals surface area (Å²) in [6.07, 6.45) is 2.29. The molecule has 0 radical (unpaired) electrons. The standard InChI is InChI=1S/C26H26N2O3S/c1-4-19-8-15-24-23(16-19)26(28-20-9-11-21(12-10-20)31-5-2)25(17-27-24)32(29,30)22-13-6-18(3)7-14-22/h6-17H,4-5H2,1-3H3,(H,27,28). The van der Waals surface area contributed by atoms with Gasteiger partial charge in [-0.05, 0) is 74.4 Å². The highest BCUT2D eigenvalue weighted by Gasteiger charge is 2.24. The predicted octanol–water partition coefficient (Wildman–Crippen LogP) is 6.08. The molecule has 1 N–H and O–H groups in total. The van der Waals surface area contributed by atoms with Crippen LogP contribution in [0.1, 0.15) is 25.0 Å². The average Bonchev–Trinajstić information content (AvgIpc) is 2.80. The van der Waals surface area contributed by atoms with Crippen LogP contribution in [0.3, 0.4) is 0 Å². The molecule has 0 amide bonds. The van der Waals surface area contributed by atoms with E-state index in [4.69, 9.17) is 4.74 Å². The first-order chi connectivity index (χ1) is 15.4. The maximum absolute atomic E-state index is 13.6. The first-order valence-corrected chi connectivity index (χ1v) is 12.1. The van der Waals surface area contributed by atoms with Gasteiger partial charge in [-0.1, -0.05) is 30.7 Å². The molecule has 0 spiro atoms. The van der Waals surface area contributed by atoms with Gasteiger partial charge >= 0.3 is 0 Å². The molecular weight excluding hydrogens is 420 g/mol. The van der Waals surface area contributed by atoms with Crippen molar-refractivity contribution in [2.75, 3.05) is 11.9 Å². The molecule has 0 atom stereocenters. The van der Waals surface area contributed by atoms with Gasteiger partial charge in [0.25, 0.3) is 0 Å². The van der Waals surface area contributed by atoms with E-state index in [9.17, 15) is 8.42 Å². The second-order valence-corrected chi connectivity index (χ2v) is 9.52. The van der Waals surface area contributed by atoms with Crippen LogP contribution in [0.2, 0.25) is 0 Å². The van der Waals surface area contributed by atoms with Gasteiger partial charge in [0.15, 0.2) is 0 Å². The monoisotopic (exact) mass is 446 g/mol. The molecule has 0 fully saturated rings. The Morgan fingerprint density at radius 2 is 1.66 bits per heavy atom. The van der Waals surface area contributed by atoms with Crippen LogP contribution in [-0.4, -0.2) is 20.0 Å². The lowest BCUT2D eigenvalue weighted by atomic mass is 10.1. The third-order valence-corrected chi connectivity index (χ3v) is 7.14. The molecule has 164 valence electrons. The van der Waals surface area contributed by atoms with Crippen LogP contribution < -0.4 is 10.1 Å². The fraction of sp³-hybridized carbons (Fsp3) is 0.192. The Bertz CT molecular complexity index is 1350. The summed E-state index contributed by atoms with van der Waals surface area (Å²) < 4.78 is 32.7. The van der Waals surface area contributed by atoms with Crippen LogP contribution in [0.25, 0.3) is 10.9 Å². The number of hydrogen-bond donors (Lipinski definition) is 1. The molecule has 0 aliphatic rings. The summed E-state index contributed by atoms with van der Waals surface area (Å²) in [5, 5.41) is 4.12. The molecule has 0 saturated carbocycles. The van der Waals surface area contributed by atoms with Crippen LogP contribution >= 0.6 is 0 Å². The quantitative estimate of drug-likeness (QED) is 0.373. The summed E-state index contributed by atoms with van der Waals surface area (Å²) in [4.78, 5) is 4.86. The summed E-state index contributed by atoms with van der Waals surface area (Å²) >= 11 is 0. The van der Waals surface area contributed by atoms with Crippen molar-refractivity contribution in [3.8, 4) is 5.75 Å². The van der Waals surface area contributed by atoms with Gasteiger partial charge in [-0.15, -0.1) is 0 Å². The molecule has 4 rings (SSSR count). The van der Waals surface area contributed by atoms with Gasteiger partial charge in [-0.2, -0.15) is 0 Å². The van der Waals surface area contributed by atoms with E-state index in [0.29, 0.717) is 12.3 Å². The van der Waals surface area contributed by atoms with Gasteiger partial charge in [0.2, 0.25) is 9.84 Å². The van der Waals surface area contributed by atoms with Gasteiger partial charge < -0.3 is 10.1 Å². The van der Waals surface area contributed by atoms with Crippen LogP contribution in [-0.2, 0) is 16.3 Å². The van der Waals surface area contributed by atoms with Crippen LogP contribution in [0.4, 0.5) is 11.4 Å². The van der Waals surface area contributed by atoms with Crippen molar-refractivity contribution >= 4 is 32.1 Å². The average molecular weight is 447 g/mol. The molecule has 0 unspecified atom stereocenters. The van der Waals surface area contributed by atoms with Crippen molar-refractivity contribution in [3.63, 3.8) is 0 Å². The van der Waals surface area contributed by atoms with Crippen molar-refractivity contribution in [2.24, 2.45) is 0 Å². The van der Waals surface area contributed by atoms with Crippen LogP contribution in [0.15, 0.2) is 82.7 Å². The maximum Gasteiger partial charge on any atom is 0.210 e. The van der Waals surface area contributed by atoms with Crippen molar-refractivity contribution in [1.82, 2.24) is 4.98 Å². The molecule has 6 heteroatoms. The van der Waals surface area contributed by atoms with Crippen LogP contribution in [0.5, 0.6) is 5.75 Å². The zero-order valence-corrected chi connectivity index (χ0v) is 19.2. The second-order valence-electron chi connectivity index (χ2n) is 7.60. The Morgan fingerprint density at radius 1 is 0.938 bits per heavy atom. The first-order valence-electron chi connectivity index (χ1n) is 10.7. The summed E-state index contributed by atoms with van der Waals surface area (Å²) in [5.41, 5.74) is 4.14. The Hall–Kier alpha value is -3.38. The molecule has 5 nitrogen and oxygen atoms in total. The fourth-order valence-electron chi connectivity index (χ4n) is 3.56. The van der Waals surface area contributed by atoms with E-state index in [-0.39, 0.29) is 9.79 Å². The molecule has 0 aliphatic carbocycles. The van der Waals surface area contributed by atoms with E-state index in [1.165, 1.54) is 6.20 Å². The molecule has 3 aromatic carbocycles. The third-order valence-electron chi connectivity index (χ3n) is 5.36. The number of sulfone groups is 1. The second kappa shape index (κ2) is 9.01. The number of nitrogens with zero attached hydrogens (tertiary/aromatic N) is 1. The van der Waals surface area contributed by atoms with Gasteiger partial charge in [0.05, 0.1) is 22.7 Å². The minimum absolute atomic E-state index is 0.149. The van der Waals surface area contributed by atoms with Crippen LogP contribution in [0, 0.1) is 6.92 Å². The summed E-state index contributed by atoms with van der Waals surface area (Å²) in [5.74, 6) is 0.762. The van der Waals surface area contributed by atoms with Crippen molar-refractivity contribution in [3.05, 3.63) is 84.1 Å². The number of aryl methyl sites for hydroxylation is 2. The Labute approximate surface area is 189 Å². The molecule has 0 bridgehead atoms. The van der Waals surface area contributed by atoms with Crippen molar-refractivity contribution in [1.29, 1.82) is 0 Å². The van der Waals surface area contributed by atoms with Gasteiger partial charge in [-0.25, -0.2) is 8.42 Å². The van der Waals surface area contributed by atoms with E-state index in [1.807, 2.05) is 56.3 Å². The molecule has 32 heavy (non-hydrogen) atoms. The van der Waals surface area contributed by atoms with Crippen molar-refractivity contribution in [2.45, 2.75) is 37.0 Å². The molecule has 4 aromatic rings. The molecule has 0 aliphatic heterocycles. The summed E-state index contributed by atoms with van der Waals surface area (Å²) in [6, 6.07) is 20.3. The maximum atomic E-state index is 13.6. The SMILES string of the molecule is CCOc1ccc(Nc2c(S(=O)(=O)c3ccc(C)cc3)cnc3ccc(CC)cc23)cc1. The fourth-order valence-corrected chi connectivity index (χ4v) is 4.93. The van der Waals surface area contributed by atoms with Gasteiger partial charge in [0, 0.05) is 17.3 Å². The highest BCUT2D eigenvalue weighted by atomic mass is 32.2. The number of benzene rings is 3. The highest BCUT2D eigenvalue weighted by Crippen LogP contribution is 2.36. The Morgan fingerprint density at radius 3 is 2.31 bits per heavy atom. The highest BCUT2D eigenvalue weighted by molar-refractivity contribution is 7.91. The zero-order chi connectivity index (χ0) is 22.7.